The predicted octanol–water partition coefficient (Wildman–Crippen LogP) is 2.79. The number of nitrogens with one attached hydrogen (secondary N) is 1. The monoisotopic (exact) mass is 276 g/mol. The third-order valence-electron chi connectivity index (χ3n) is 3.67. The van der Waals surface area contributed by atoms with Crippen molar-refractivity contribution in [2.45, 2.75) is 45.4 Å². The van der Waals surface area contributed by atoms with Gasteiger partial charge < -0.3 is 10.1 Å². The Hall–Kier alpha value is -1.55. The predicted molar refractivity (Wildman–Crippen MR) is 79.5 cm³/mol. The minimum Gasteiger partial charge on any atom is -0.445 e. The van der Waals surface area contributed by atoms with Crippen molar-refractivity contribution in [2.24, 2.45) is 0 Å². The van der Waals surface area contributed by atoms with E-state index in [1.165, 1.54) is 0 Å². The molecule has 1 amide bonds. The summed E-state index contributed by atoms with van der Waals surface area (Å²) in [5.41, 5.74) is 1.16. The zero-order valence-corrected chi connectivity index (χ0v) is 12.6. The lowest BCUT2D eigenvalue weighted by molar-refractivity contribution is 0.132. The van der Waals surface area contributed by atoms with Gasteiger partial charge in [0.2, 0.25) is 0 Å². The molecule has 1 aromatic rings. The van der Waals surface area contributed by atoms with Crippen molar-refractivity contribution in [3.63, 3.8) is 0 Å². The normalized spacial score (nSPS) is 19.9. The number of amides is 1. The fraction of sp³-hybridized carbons (Fsp3) is 0.562. The zero-order chi connectivity index (χ0) is 14.6. The molecule has 1 unspecified atom stereocenters. The largest absolute Gasteiger partial charge is 0.445 e. The summed E-state index contributed by atoms with van der Waals surface area (Å²) in [4.78, 5) is 14.2. The van der Waals surface area contributed by atoms with Crippen molar-refractivity contribution < 1.29 is 9.53 Å². The molecule has 110 valence electrons. The van der Waals surface area contributed by atoms with Gasteiger partial charge in [0.05, 0.1) is 0 Å². The van der Waals surface area contributed by atoms with Crippen LogP contribution in [0.1, 0.15) is 32.8 Å². The van der Waals surface area contributed by atoms with Crippen LogP contribution in [0.4, 0.5) is 4.79 Å². The van der Waals surface area contributed by atoms with E-state index in [1.54, 1.807) is 0 Å². The lowest BCUT2D eigenvalue weighted by Gasteiger charge is -2.31. The first-order valence-electron chi connectivity index (χ1n) is 7.17. The van der Waals surface area contributed by atoms with Gasteiger partial charge in [-0.05, 0) is 32.8 Å². The average molecular weight is 276 g/mol. The standard InChI is InChI=1S/C16H24N2O2/c1-16(2,3)18-10-9-14(11-18)17-15(19)20-12-13-7-5-4-6-8-13/h4-8,14H,9-12H2,1-3H3,(H,17,19). The van der Waals surface area contributed by atoms with Gasteiger partial charge in [0.25, 0.3) is 0 Å². The molecule has 1 atom stereocenters. The lowest BCUT2D eigenvalue weighted by Crippen LogP contribution is -2.43. The van der Waals surface area contributed by atoms with Crippen molar-refractivity contribution in [1.82, 2.24) is 10.2 Å². The molecule has 1 heterocycles. The number of nitrogens with zero attached hydrogens (tertiary/aromatic N) is 1. The molecular weight excluding hydrogens is 252 g/mol. The van der Waals surface area contributed by atoms with Gasteiger partial charge in [-0.3, -0.25) is 4.90 Å². The number of alkyl carbamates (subject to hydrolysis) is 1. The van der Waals surface area contributed by atoms with E-state index in [4.69, 9.17) is 4.74 Å². The van der Waals surface area contributed by atoms with Gasteiger partial charge in [0.15, 0.2) is 0 Å². The summed E-state index contributed by atoms with van der Waals surface area (Å²) in [6.07, 6.45) is 0.659. The average Bonchev–Trinajstić information content (AvgIpc) is 2.86. The summed E-state index contributed by atoms with van der Waals surface area (Å²) >= 11 is 0. The number of ether oxygens (including phenoxy) is 1. The third kappa shape index (κ3) is 4.23. The smallest absolute Gasteiger partial charge is 0.407 e. The molecule has 0 aromatic heterocycles. The number of carbonyl (C=O) groups is 1. The Morgan fingerprint density at radius 2 is 2.05 bits per heavy atom. The quantitative estimate of drug-likeness (QED) is 0.923. The molecule has 4 heteroatoms. The first kappa shape index (κ1) is 14.9. The van der Waals surface area contributed by atoms with Gasteiger partial charge >= 0.3 is 6.09 Å². The summed E-state index contributed by atoms with van der Waals surface area (Å²) < 4.78 is 5.24. The van der Waals surface area contributed by atoms with Crippen LogP contribution in [0.25, 0.3) is 0 Å². The van der Waals surface area contributed by atoms with Crippen LogP contribution in [0.5, 0.6) is 0 Å². The summed E-state index contributed by atoms with van der Waals surface area (Å²) in [5, 5.41) is 2.95. The zero-order valence-electron chi connectivity index (χ0n) is 12.6. The highest BCUT2D eigenvalue weighted by molar-refractivity contribution is 5.67. The molecule has 1 aliphatic heterocycles. The summed E-state index contributed by atoms with van der Waals surface area (Å²) in [6.45, 7) is 8.83. The van der Waals surface area contributed by atoms with Crippen LogP contribution in [-0.4, -0.2) is 35.7 Å². The highest BCUT2D eigenvalue weighted by atomic mass is 16.5. The van der Waals surface area contributed by atoms with Gasteiger partial charge in [0, 0.05) is 24.7 Å². The second-order valence-electron chi connectivity index (χ2n) is 6.31. The van der Waals surface area contributed by atoms with Crippen molar-refractivity contribution in [2.75, 3.05) is 13.1 Å². The molecule has 0 saturated carbocycles. The number of benzene rings is 1. The summed E-state index contributed by atoms with van der Waals surface area (Å²) in [5.74, 6) is 0. The second kappa shape index (κ2) is 6.27. The maximum Gasteiger partial charge on any atom is 0.407 e. The van der Waals surface area contributed by atoms with E-state index in [-0.39, 0.29) is 17.7 Å². The van der Waals surface area contributed by atoms with Crippen LogP contribution < -0.4 is 5.32 Å². The molecular formula is C16H24N2O2. The van der Waals surface area contributed by atoms with Crippen molar-refractivity contribution in [1.29, 1.82) is 0 Å². The SMILES string of the molecule is CC(C)(C)N1CCC(NC(=O)OCc2ccccc2)C1. The molecule has 2 rings (SSSR count). The van der Waals surface area contributed by atoms with E-state index in [0.717, 1.165) is 25.1 Å². The van der Waals surface area contributed by atoms with Crippen LogP contribution in [0, 0.1) is 0 Å². The van der Waals surface area contributed by atoms with Gasteiger partial charge in [-0.2, -0.15) is 0 Å². The van der Waals surface area contributed by atoms with E-state index in [9.17, 15) is 4.79 Å². The Morgan fingerprint density at radius 3 is 2.65 bits per heavy atom. The van der Waals surface area contributed by atoms with Crippen molar-refractivity contribution in [3.8, 4) is 0 Å². The first-order valence-corrected chi connectivity index (χ1v) is 7.17. The Labute approximate surface area is 121 Å². The highest BCUT2D eigenvalue weighted by Gasteiger charge is 2.31. The second-order valence-corrected chi connectivity index (χ2v) is 6.31. The Kier molecular flexibility index (Phi) is 4.65. The number of rotatable bonds is 3. The summed E-state index contributed by atoms with van der Waals surface area (Å²) in [7, 11) is 0. The van der Waals surface area contributed by atoms with Crippen LogP contribution >= 0.6 is 0 Å². The van der Waals surface area contributed by atoms with E-state index in [2.05, 4.69) is 31.0 Å². The molecule has 1 aliphatic rings. The molecule has 1 fully saturated rings. The van der Waals surface area contributed by atoms with Gasteiger partial charge in [-0.1, -0.05) is 30.3 Å². The minimum atomic E-state index is -0.324. The highest BCUT2D eigenvalue weighted by Crippen LogP contribution is 2.20. The van der Waals surface area contributed by atoms with Crippen LogP contribution in [0.2, 0.25) is 0 Å². The molecule has 1 saturated heterocycles. The fourth-order valence-electron chi connectivity index (χ4n) is 2.42. The maximum absolute atomic E-state index is 11.8. The lowest BCUT2D eigenvalue weighted by atomic mass is 10.1. The third-order valence-corrected chi connectivity index (χ3v) is 3.67. The number of likely N-dealkylation sites (tertiary alicyclic amines) is 1. The van der Waals surface area contributed by atoms with Gasteiger partial charge in [-0.25, -0.2) is 4.79 Å². The van der Waals surface area contributed by atoms with E-state index in [0.29, 0.717) is 6.61 Å². The molecule has 0 spiro atoms. The van der Waals surface area contributed by atoms with E-state index >= 15 is 0 Å². The molecule has 20 heavy (non-hydrogen) atoms. The minimum absolute atomic E-state index is 0.157. The topological polar surface area (TPSA) is 41.6 Å². The van der Waals surface area contributed by atoms with Gasteiger partial charge in [-0.15, -0.1) is 0 Å². The molecule has 0 aliphatic carbocycles. The number of hydrogen-bond donors (Lipinski definition) is 1. The van der Waals surface area contributed by atoms with Crippen LogP contribution in [-0.2, 0) is 11.3 Å². The van der Waals surface area contributed by atoms with Crippen molar-refractivity contribution >= 4 is 6.09 Å². The maximum atomic E-state index is 11.8. The Balaban J connectivity index is 1.73. The van der Waals surface area contributed by atoms with E-state index < -0.39 is 0 Å². The molecule has 0 bridgehead atoms. The molecule has 1 aromatic carbocycles. The summed E-state index contributed by atoms with van der Waals surface area (Å²) in [6, 6.07) is 9.92. The van der Waals surface area contributed by atoms with Crippen molar-refractivity contribution in [3.05, 3.63) is 35.9 Å². The molecule has 4 nitrogen and oxygen atoms in total. The Morgan fingerprint density at radius 1 is 1.35 bits per heavy atom. The van der Waals surface area contributed by atoms with Crippen LogP contribution in [0.15, 0.2) is 30.3 Å². The van der Waals surface area contributed by atoms with Gasteiger partial charge in [0.1, 0.15) is 6.61 Å². The van der Waals surface area contributed by atoms with Crippen LogP contribution in [0.3, 0.4) is 0 Å². The molecule has 1 N–H and O–H groups in total. The fourth-order valence-corrected chi connectivity index (χ4v) is 2.42. The Bertz CT molecular complexity index is 440. The first-order chi connectivity index (χ1) is 9.45. The number of hydrogen-bond acceptors (Lipinski definition) is 3. The molecule has 0 radical (unpaired) electrons. The number of carbonyl (C=O) groups excluding carboxylic acids is 1. The van der Waals surface area contributed by atoms with E-state index in [1.807, 2.05) is 30.3 Å².